The van der Waals surface area contributed by atoms with Gasteiger partial charge in [0.15, 0.2) is 0 Å². The number of hydrogen-bond donors (Lipinski definition) is 1. The molecule has 0 fully saturated rings. The Bertz CT molecular complexity index is 819. The summed E-state index contributed by atoms with van der Waals surface area (Å²) >= 11 is 1.57. The van der Waals surface area contributed by atoms with E-state index in [0.29, 0.717) is 0 Å². The van der Waals surface area contributed by atoms with Crippen molar-refractivity contribution < 1.29 is 4.39 Å². The first-order valence-electron chi connectivity index (χ1n) is 6.98. The van der Waals surface area contributed by atoms with E-state index in [-0.39, 0.29) is 11.9 Å². The van der Waals surface area contributed by atoms with E-state index in [4.69, 9.17) is 5.73 Å². The van der Waals surface area contributed by atoms with E-state index in [0.717, 1.165) is 20.5 Å². The molecular formula is C18H18FNS. The zero-order valence-corrected chi connectivity index (χ0v) is 13.2. The number of benzene rings is 2. The van der Waals surface area contributed by atoms with Crippen LogP contribution >= 0.6 is 11.3 Å². The first-order valence-corrected chi connectivity index (χ1v) is 7.79. The van der Waals surface area contributed by atoms with Gasteiger partial charge in [-0.1, -0.05) is 18.2 Å². The number of fused-ring (bicyclic) bond motifs is 1. The predicted octanol–water partition coefficient (Wildman–Crippen LogP) is 5.01. The highest BCUT2D eigenvalue weighted by Crippen LogP contribution is 2.34. The lowest BCUT2D eigenvalue weighted by Crippen LogP contribution is -2.12. The van der Waals surface area contributed by atoms with Crippen molar-refractivity contribution >= 4 is 21.4 Å². The maximum atomic E-state index is 13.3. The van der Waals surface area contributed by atoms with Gasteiger partial charge in [0.25, 0.3) is 0 Å². The van der Waals surface area contributed by atoms with Gasteiger partial charge >= 0.3 is 0 Å². The fourth-order valence-electron chi connectivity index (χ4n) is 2.65. The molecule has 0 aliphatic rings. The molecular weight excluding hydrogens is 281 g/mol. The van der Waals surface area contributed by atoms with Crippen molar-refractivity contribution in [2.75, 3.05) is 0 Å². The average Bonchev–Trinajstić information content (AvgIpc) is 2.85. The van der Waals surface area contributed by atoms with E-state index in [9.17, 15) is 4.39 Å². The van der Waals surface area contributed by atoms with Crippen molar-refractivity contribution in [1.29, 1.82) is 0 Å². The molecule has 2 N–H and O–H groups in total. The SMILES string of the molecule is Cc1cc(C)c(C(N)c2cc3ccc(F)cc3s2)cc1C. The molecule has 0 radical (unpaired) electrons. The Hall–Kier alpha value is -1.71. The summed E-state index contributed by atoms with van der Waals surface area (Å²) < 4.78 is 14.3. The highest BCUT2D eigenvalue weighted by atomic mass is 32.1. The monoisotopic (exact) mass is 299 g/mol. The van der Waals surface area contributed by atoms with Crippen molar-refractivity contribution in [3.8, 4) is 0 Å². The second kappa shape index (κ2) is 5.24. The smallest absolute Gasteiger partial charge is 0.124 e. The van der Waals surface area contributed by atoms with Gasteiger partial charge < -0.3 is 5.73 Å². The molecule has 1 unspecified atom stereocenters. The van der Waals surface area contributed by atoms with Crippen LogP contribution in [0.4, 0.5) is 4.39 Å². The van der Waals surface area contributed by atoms with Crippen molar-refractivity contribution in [1.82, 2.24) is 0 Å². The fourth-order valence-corrected chi connectivity index (χ4v) is 3.76. The fraction of sp³-hybridized carbons (Fsp3) is 0.222. The minimum absolute atomic E-state index is 0.162. The first-order chi connectivity index (χ1) is 9.95. The minimum Gasteiger partial charge on any atom is -0.320 e. The standard InChI is InChI=1S/C18H18FNS/c1-10-6-12(3)15(7-11(10)2)18(20)17-8-13-4-5-14(19)9-16(13)21-17/h4-9,18H,20H2,1-3H3. The van der Waals surface area contributed by atoms with Gasteiger partial charge in [-0.3, -0.25) is 0 Å². The summed E-state index contributed by atoms with van der Waals surface area (Å²) in [5.41, 5.74) is 11.3. The quantitative estimate of drug-likeness (QED) is 0.707. The van der Waals surface area contributed by atoms with Crippen molar-refractivity contribution in [2.24, 2.45) is 5.73 Å². The number of thiophene rings is 1. The van der Waals surface area contributed by atoms with Crippen molar-refractivity contribution in [3.05, 3.63) is 69.3 Å². The molecule has 1 aromatic heterocycles. The summed E-state index contributed by atoms with van der Waals surface area (Å²) in [5, 5.41) is 1.05. The Morgan fingerprint density at radius 1 is 0.952 bits per heavy atom. The third-order valence-electron chi connectivity index (χ3n) is 4.03. The molecule has 1 nitrogen and oxygen atoms in total. The molecule has 0 saturated carbocycles. The Morgan fingerprint density at radius 3 is 2.43 bits per heavy atom. The van der Waals surface area contributed by atoms with Crippen LogP contribution in [0, 0.1) is 26.6 Å². The van der Waals surface area contributed by atoms with E-state index < -0.39 is 0 Å². The molecule has 108 valence electrons. The van der Waals surface area contributed by atoms with Crippen LogP contribution in [0.2, 0.25) is 0 Å². The first kappa shape index (κ1) is 14.2. The Labute approximate surface area is 128 Å². The molecule has 3 rings (SSSR count). The molecule has 1 atom stereocenters. The molecule has 0 aliphatic heterocycles. The summed E-state index contributed by atoms with van der Waals surface area (Å²) in [7, 11) is 0. The predicted molar refractivity (Wildman–Crippen MR) is 88.5 cm³/mol. The summed E-state index contributed by atoms with van der Waals surface area (Å²) in [4.78, 5) is 1.07. The van der Waals surface area contributed by atoms with Gasteiger partial charge in [0.2, 0.25) is 0 Å². The maximum absolute atomic E-state index is 13.3. The lowest BCUT2D eigenvalue weighted by molar-refractivity contribution is 0.630. The highest BCUT2D eigenvalue weighted by Gasteiger charge is 2.15. The van der Waals surface area contributed by atoms with Crippen molar-refractivity contribution in [3.63, 3.8) is 0 Å². The molecule has 3 aromatic rings. The van der Waals surface area contributed by atoms with E-state index in [1.54, 1.807) is 17.4 Å². The lowest BCUT2D eigenvalue weighted by atomic mass is 9.95. The van der Waals surface area contributed by atoms with E-state index in [1.807, 2.05) is 6.07 Å². The van der Waals surface area contributed by atoms with Crippen LogP contribution in [0.15, 0.2) is 36.4 Å². The molecule has 3 heteroatoms. The van der Waals surface area contributed by atoms with Gasteiger partial charge in [0, 0.05) is 9.58 Å². The summed E-state index contributed by atoms with van der Waals surface area (Å²) in [5.74, 6) is -0.202. The second-order valence-electron chi connectivity index (χ2n) is 5.60. The van der Waals surface area contributed by atoms with Gasteiger partial charge in [-0.05, 0) is 66.6 Å². The Balaban J connectivity index is 2.07. The van der Waals surface area contributed by atoms with Gasteiger partial charge in [-0.15, -0.1) is 11.3 Å². The number of nitrogens with two attached hydrogens (primary N) is 1. The van der Waals surface area contributed by atoms with Gasteiger partial charge in [-0.25, -0.2) is 4.39 Å². The third-order valence-corrected chi connectivity index (χ3v) is 5.21. The third kappa shape index (κ3) is 2.59. The molecule has 0 amide bonds. The van der Waals surface area contributed by atoms with Crippen LogP contribution in [0.1, 0.15) is 33.2 Å². The van der Waals surface area contributed by atoms with E-state index in [1.165, 1.54) is 22.8 Å². The van der Waals surface area contributed by atoms with E-state index in [2.05, 4.69) is 39.0 Å². The Morgan fingerprint density at radius 2 is 1.67 bits per heavy atom. The van der Waals surface area contributed by atoms with Gasteiger partial charge in [0.1, 0.15) is 5.82 Å². The maximum Gasteiger partial charge on any atom is 0.124 e. The summed E-state index contributed by atoms with van der Waals surface area (Å²) in [6.45, 7) is 6.31. The molecule has 0 saturated heterocycles. The topological polar surface area (TPSA) is 26.0 Å². The molecule has 1 heterocycles. The van der Waals surface area contributed by atoms with Crippen LogP contribution in [-0.2, 0) is 0 Å². The van der Waals surface area contributed by atoms with Gasteiger partial charge in [0.05, 0.1) is 6.04 Å². The van der Waals surface area contributed by atoms with E-state index >= 15 is 0 Å². The molecule has 2 aromatic carbocycles. The van der Waals surface area contributed by atoms with Crippen LogP contribution in [0.25, 0.3) is 10.1 Å². The minimum atomic E-state index is -0.202. The summed E-state index contributed by atoms with van der Waals surface area (Å²) in [6.07, 6.45) is 0. The van der Waals surface area contributed by atoms with Gasteiger partial charge in [-0.2, -0.15) is 0 Å². The molecule has 21 heavy (non-hydrogen) atoms. The lowest BCUT2D eigenvalue weighted by Gasteiger charge is -2.15. The van der Waals surface area contributed by atoms with Crippen LogP contribution in [0.5, 0.6) is 0 Å². The molecule has 0 spiro atoms. The zero-order chi connectivity index (χ0) is 15.1. The molecule has 0 bridgehead atoms. The number of hydrogen-bond acceptors (Lipinski definition) is 2. The van der Waals surface area contributed by atoms with Crippen LogP contribution < -0.4 is 5.73 Å². The van der Waals surface area contributed by atoms with Crippen LogP contribution in [-0.4, -0.2) is 0 Å². The van der Waals surface area contributed by atoms with Crippen LogP contribution in [0.3, 0.4) is 0 Å². The zero-order valence-electron chi connectivity index (χ0n) is 12.4. The largest absolute Gasteiger partial charge is 0.320 e. The number of aryl methyl sites for hydroxylation is 3. The Kier molecular flexibility index (Phi) is 3.56. The number of rotatable bonds is 2. The van der Waals surface area contributed by atoms with Crippen molar-refractivity contribution in [2.45, 2.75) is 26.8 Å². The highest BCUT2D eigenvalue weighted by molar-refractivity contribution is 7.19. The molecule has 0 aliphatic carbocycles. The average molecular weight is 299 g/mol. The summed E-state index contributed by atoms with van der Waals surface area (Å²) in [6, 6.07) is 11.1. The number of halogens is 1. The second-order valence-corrected chi connectivity index (χ2v) is 6.72. The normalized spacial score (nSPS) is 12.8.